The number of nitrogens with two attached hydrogens (primary N) is 1. The van der Waals surface area contributed by atoms with Gasteiger partial charge in [0.1, 0.15) is 6.04 Å². The molecule has 0 saturated heterocycles. The molecule has 1 saturated carbocycles. The largest absolute Gasteiger partial charge is 0.405 e. The normalized spacial score (nSPS) is 28.4. The van der Waals surface area contributed by atoms with Crippen molar-refractivity contribution >= 4 is 0 Å². The molecule has 1 unspecified atom stereocenters. The second kappa shape index (κ2) is 6.05. The van der Waals surface area contributed by atoms with Crippen LogP contribution < -0.4 is 5.73 Å². The molecule has 2 N–H and O–H groups in total. The van der Waals surface area contributed by atoms with E-state index in [0.717, 1.165) is 32.1 Å². The van der Waals surface area contributed by atoms with E-state index < -0.39 is 12.2 Å². The molecule has 102 valence electrons. The van der Waals surface area contributed by atoms with Crippen LogP contribution in [0.5, 0.6) is 0 Å². The van der Waals surface area contributed by atoms with Gasteiger partial charge >= 0.3 is 6.18 Å². The quantitative estimate of drug-likeness (QED) is 0.833. The highest BCUT2D eigenvalue weighted by atomic mass is 19.4. The SMILES string of the molecule is CCC1CCC(N(C)C(CN)C(F)(F)F)CC1. The van der Waals surface area contributed by atoms with Crippen molar-refractivity contribution in [1.82, 2.24) is 4.90 Å². The number of hydrogen-bond donors (Lipinski definition) is 1. The van der Waals surface area contributed by atoms with E-state index in [0.29, 0.717) is 5.92 Å². The van der Waals surface area contributed by atoms with Crippen molar-refractivity contribution in [2.45, 2.75) is 57.3 Å². The smallest absolute Gasteiger partial charge is 0.329 e. The van der Waals surface area contributed by atoms with Crippen LogP contribution in [0, 0.1) is 5.92 Å². The lowest BCUT2D eigenvalue weighted by molar-refractivity contribution is -0.184. The number of hydrogen-bond acceptors (Lipinski definition) is 2. The lowest BCUT2D eigenvalue weighted by Gasteiger charge is -2.39. The Balaban J connectivity index is 2.55. The molecule has 0 bridgehead atoms. The molecule has 1 fully saturated rings. The summed E-state index contributed by atoms with van der Waals surface area (Å²) in [6.45, 7) is 1.79. The van der Waals surface area contributed by atoms with E-state index in [1.54, 1.807) is 7.05 Å². The third kappa shape index (κ3) is 3.85. The fourth-order valence-corrected chi connectivity index (χ4v) is 2.75. The van der Waals surface area contributed by atoms with Crippen LogP contribution >= 0.6 is 0 Å². The average molecular weight is 252 g/mol. The fourth-order valence-electron chi connectivity index (χ4n) is 2.75. The number of halogens is 3. The van der Waals surface area contributed by atoms with E-state index in [1.165, 1.54) is 4.90 Å². The Hall–Kier alpha value is -0.290. The van der Waals surface area contributed by atoms with Crippen molar-refractivity contribution in [2.24, 2.45) is 11.7 Å². The van der Waals surface area contributed by atoms with E-state index in [2.05, 4.69) is 6.92 Å². The summed E-state index contributed by atoms with van der Waals surface area (Å²) >= 11 is 0. The molecule has 0 radical (unpaired) electrons. The summed E-state index contributed by atoms with van der Waals surface area (Å²) in [4.78, 5) is 1.44. The van der Waals surface area contributed by atoms with Crippen molar-refractivity contribution in [3.8, 4) is 0 Å². The zero-order valence-electron chi connectivity index (χ0n) is 10.6. The van der Waals surface area contributed by atoms with Crippen LogP contribution in [0.2, 0.25) is 0 Å². The Morgan fingerprint density at radius 1 is 1.24 bits per heavy atom. The van der Waals surface area contributed by atoms with Gasteiger partial charge in [-0.2, -0.15) is 13.2 Å². The van der Waals surface area contributed by atoms with Crippen molar-refractivity contribution in [3.05, 3.63) is 0 Å². The maximum absolute atomic E-state index is 12.7. The van der Waals surface area contributed by atoms with Crippen LogP contribution in [-0.2, 0) is 0 Å². The first kappa shape index (κ1) is 14.8. The van der Waals surface area contributed by atoms with Gasteiger partial charge in [-0.25, -0.2) is 0 Å². The van der Waals surface area contributed by atoms with Gasteiger partial charge in [0.2, 0.25) is 0 Å². The average Bonchev–Trinajstić information content (AvgIpc) is 2.28. The number of likely N-dealkylation sites (N-methyl/N-ethyl adjacent to an activating group) is 1. The zero-order valence-corrected chi connectivity index (χ0v) is 10.6. The minimum absolute atomic E-state index is 0.0352. The number of alkyl halides is 3. The second-order valence-corrected chi connectivity index (χ2v) is 5.04. The third-order valence-corrected chi connectivity index (χ3v) is 4.06. The standard InChI is InChI=1S/C12H23F3N2/c1-3-9-4-6-10(7-5-9)17(2)11(8-16)12(13,14)15/h9-11H,3-8,16H2,1-2H3. The van der Waals surface area contributed by atoms with Crippen LogP contribution in [0.1, 0.15) is 39.0 Å². The monoisotopic (exact) mass is 252 g/mol. The predicted octanol–water partition coefficient (Wildman–Crippen LogP) is 2.78. The lowest BCUT2D eigenvalue weighted by Crippen LogP contribution is -2.53. The van der Waals surface area contributed by atoms with Gasteiger partial charge in [0.25, 0.3) is 0 Å². The second-order valence-electron chi connectivity index (χ2n) is 5.04. The van der Waals surface area contributed by atoms with Gasteiger partial charge in [-0.15, -0.1) is 0 Å². The van der Waals surface area contributed by atoms with Gasteiger partial charge < -0.3 is 5.73 Å². The molecule has 2 nitrogen and oxygen atoms in total. The molecule has 0 spiro atoms. The predicted molar refractivity (Wildman–Crippen MR) is 62.7 cm³/mol. The Bertz CT molecular complexity index is 222. The van der Waals surface area contributed by atoms with E-state index in [-0.39, 0.29) is 12.6 Å². The molecule has 5 heteroatoms. The Morgan fingerprint density at radius 3 is 2.12 bits per heavy atom. The van der Waals surface area contributed by atoms with Crippen molar-refractivity contribution in [2.75, 3.05) is 13.6 Å². The first-order chi connectivity index (χ1) is 7.90. The molecular weight excluding hydrogens is 229 g/mol. The van der Waals surface area contributed by atoms with Gasteiger partial charge in [-0.3, -0.25) is 4.90 Å². The molecular formula is C12H23F3N2. The Kier molecular flexibility index (Phi) is 5.25. The molecule has 0 aromatic carbocycles. The third-order valence-electron chi connectivity index (χ3n) is 4.06. The zero-order chi connectivity index (χ0) is 13.1. The van der Waals surface area contributed by atoms with Gasteiger partial charge in [0, 0.05) is 12.6 Å². The van der Waals surface area contributed by atoms with Crippen LogP contribution in [0.4, 0.5) is 13.2 Å². The maximum atomic E-state index is 12.7. The minimum atomic E-state index is -4.22. The summed E-state index contributed by atoms with van der Waals surface area (Å²) < 4.78 is 38.2. The summed E-state index contributed by atoms with van der Waals surface area (Å²) in [7, 11) is 1.56. The van der Waals surface area contributed by atoms with Crippen LogP contribution in [-0.4, -0.2) is 36.8 Å². The van der Waals surface area contributed by atoms with E-state index in [9.17, 15) is 13.2 Å². The highest BCUT2D eigenvalue weighted by Crippen LogP contribution is 2.32. The van der Waals surface area contributed by atoms with Crippen molar-refractivity contribution in [1.29, 1.82) is 0 Å². The molecule has 0 aliphatic heterocycles. The van der Waals surface area contributed by atoms with Crippen LogP contribution in [0.15, 0.2) is 0 Å². The van der Waals surface area contributed by atoms with Gasteiger partial charge in [0.05, 0.1) is 0 Å². The summed E-state index contributed by atoms with van der Waals surface area (Å²) in [5, 5.41) is 0. The molecule has 1 atom stereocenters. The summed E-state index contributed by atoms with van der Waals surface area (Å²) in [6.07, 6.45) is 0.728. The molecule has 1 aliphatic carbocycles. The Morgan fingerprint density at radius 2 is 1.76 bits per heavy atom. The molecule has 0 heterocycles. The van der Waals surface area contributed by atoms with Crippen molar-refractivity contribution < 1.29 is 13.2 Å². The Labute approximate surface area is 101 Å². The number of rotatable bonds is 4. The van der Waals surface area contributed by atoms with Crippen LogP contribution in [0.3, 0.4) is 0 Å². The molecule has 1 aliphatic rings. The highest BCUT2D eigenvalue weighted by Gasteiger charge is 2.43. The van der Waals surface area contributed by atoms with Crippen LogP contribution in [0.25, 0.3) is 0 Å². The lowest BCUT2D eigenvalue weighted by atomic mass is 9.83. The fraction of sp³-hybridized carbons (Fsp3) is 1.00. The highest BCUT2D eigenvalue weighted by molar-refractivity contribution is 4.85. The molecule has 0 aromatic rings. The minimum Gasteiger partial charge on any atom is -0.329 e. The summed E-state index contributed by atoms with van der Waals surface area (Å²) in [6, 6.07) is -1.46. The molecule has 0 aromatic heterocycles. The van der Waals surface area contributed by atoms with E-state index in [1.807, 2.05) is 0 Å². The van der Waals surface area contributed by atoms with E-state index >= 15 is 0 Å². The van der Waals surface area contributed by atoms with Gasteiger partial charge in [-0.05, 0) is 38.6 Å². The van der Waals surface area contributed by atoms with E-state index in [4.69, 9.17) is 5.73 Å². The first-order valence-corrected chi connectivity index (χ1v) is 6.38. The van der Waals surface area contributed by atoms with Gasteiger partial charge in [-0.1, -0.05) is 13.3 Å². The van der Waals surface area contributed by atoms with Gasteiger partial charge in [0.15, 0.2) is 0 Å². The maximum Gasteiger partial charge on any atom is 0.405 e. The molecule has 1 rings (SSSR count). The number of nitrogens with zero attached hydrogens (tertiary/aromatic N) is 1. The molecule has 0 amide bonds. The summed E-state index contributed by atoms with van der Waals surface area (Å²) in [5.41, 5.74) is 5.26. The topological polar surface area (TPSA) is 29.3 Å². The summed E-state index contributed by atoms with van der Waals surface area (Å²) in [5.74, 6) is 0.696. The molecule has 17 heavy (non-hydrogen) atoms. The van der Waals surface area contributed by atoms with Crippen molar-refractivity contribution in [3.63, 3.8) is 0 Å². The first-order valence-electron chi connectivity index (χ1n) is 6.38.